The summed E-state index contributed by atoms with van der Waals surface area (Å²) >= 11 is 0. The number of ether oxygens (including phenoxy) is 1. The number of halogens is 8. The van der Waals surface area contributed by atoms with Crippen LogP contribution in [-0.2, 0) is 12.8 Å². The Hall–Kier alpha value is -3.88. The lowest BCUT2D eigenvalue weighted by molar-refractivity contribution is -0.275. The standard InChI is InChI=1S/C34H28F8O/c1-19-2-6-21(7-3-19)26-13-14-27(33(39)32(26)38)24-10-9-22(28(35)17-24)8-4-20-5-12-25(29(36)16-20)23-11-15-31(30(37)18-23)43-34(40,41)42/h5,9-19,21H,2-4,6-8H2,1H3. The number of rotatable bonds is 7. The van der Waals surface area contributed by atoms with Gasteiger partial charge in [0.25, 0.3) is 0 Å². The molecule has 0 aliphatic heterocycles. The quantitative estimate of drug-likeness (QED) is 0.191. The molecule has 5 rings (SSSR count). The van der Waals surface area contributed by atoms with Crippen molar-refractivity contribution in [2.24, 2.45) is 5.92 Å². The van der Waals surface area contributed by atoms with E-state index in [0.717, 1.165) is 49.9 Å². The number of aryl methyl sites for hydroxylation is 2. The molecule has 0 radical (unpaired) electrons. The number of alkyl halides is 3. The van der Waals surface area contributed by atoms with E-state index in [9.17, 15) is 22.0 Å². The van der Waals surface area contributed by atoms with Gasteiger partial charge in [0.1, 0.15) is 11.6 Å². The van der Waals surface area contributed by atoms with Gasteiger partial charge in [-0.2, -0.15) is 0 Å². The highest BCUT2D eigenvalue weighted by molar-refractivity contribution is 5.66. The third-order valence-electron chi connectivity index (χ3n) is 8.12. The number of benzene rings is 4. The summed E-state index contributed by atoms with van der Waals surface area (Å²) in [7, 11) is 0. The van der Waals surface area contributed by atoms with Gasteiger partial charge in [-0.3, -0.25) is 0 Å². The molecule has 1 aliphatic carbocycles. The molecular weight excluding hydrogens is 576 g/mol. The van der Waals surface area contributed by atoms with Crippen LogP contribution in [0.15, 0.2) is 66.7 Å². The molecule has 4 aromatic carbocycles. The molecule has 0 N–H and O–H groups in total. The Morgan fingerprint density at radius 3 is 1.95 bits per heavy atom. The maximum atomic E-state index is 15.1. The van der Waals surface area contributed by atoms with Gasteiger partial charge in [0.2, 0.25) is 0 Å². The van der Waals surface area contributed by atoms with E-state index in [1.165, 1.54) is 30.3 Å². The summed E-state index contributed by atoms with van der Waals surface area (Å²) in [4.78, 5) is 0. The molecule has 226 valence electrons. The summed E-state index contributed by atoms with van der Waals surface area (Å²) in [6, 6.07) is 14.0. The Labute approximate surface area is 244 Å². The molecule has 9 heteroatoms. The van der Waals surface area contributed by atoms with Gasteiger partial charge >= 0.3 is 6.36 Å². The van der Waals surface area contributed by atoms with Crippen molar-refractivity contribution in [2.45, 2.75) is 57.7 Å². The molecule has 0 bridgehead atoms. The second kappa shape index (κ2) is 12.4. The first-order chi connectivity index (χ1) is 20.4. The number of hydrogen-bond acceptors (Lipinski definition) is 1. The van der Waals surface area contributed by atoms with E-state index in [-0.39, 0.29) is 41.0 Å². The topological polar surface area (TPSA) is 9.23 Å². The lowest BCUT2D eigenvalue weighted by atomic mass is 9.79. The molecule has 0 heterocycles. The third-order valence-corrected chi connectivity index (χ3v) is 8.12. The van der Waals surface area contributed by atoms with Crippen LogP contribution in [0.25, 0.3) is 22.3 Å². The molecule has 0 atom stereocenters. The molecular formula is C34H28F8O. The van der Waals surface area contributed by atoms with E-state index < -0.39 is 41.2 Å². The van der Waals surface area contributed by atoms with Crippen molar-refractivity contribution in [1.82, 2.24) is 0 Å². The summed E-state index contributed by atoms with van der Waals surface area (Å²) in [6.07, 6.45) is -1.11. The van der Waals surface area contributed by atoms with Crippen molar-refractivity contribution in [3.05, 3.63) is 113 Å². The Morgan fingerprint density at radius 2 is 1.30 bits per heavy atom. The SMILES string of the molecule is CC1CCC(c2ccc(-c3ccc(CCc4ccc(-c5ccc(OC(F)(F)F)c(F)c5)c(F)c4)c(F)c3)c(F)c2F)CC1. The second-order valence-corrected chi connectivity index (χ2v) is 11.1. The van der Waals surface area contributed by atoms with E-state index in [1.54, 1.807) is 12.1 Å². The Balaban J connectivity index is 1.27. The van der Waals surface area contributed by atoms with Crippen molar-refractivity contribution in [3.8, 4) is 28.0 Å². The number of hydrogen-bond donors (Lipinski definition) is 0. The summed E-state index contributed by atoms with van der Waals surface area (Å²) < 4.78 is 115. The van der Waals surface area contributed by atoms with E-state index in [1.807, 2.05) is 0 Å². The fraction of sp³-hybridized carbons (Fsp3) is 0.294. The molecule has 1 nitrogen and oxygen atoms in total. The molecule has 43 heavy (non-hydrogen) atoms. The zero-order valence-electron chi connectivity index (χ0n) is 23.2. The van der Waals surface area contributed by atoms with Gasteiger partial charge < -0.3 is 4.74 Å². The molecule has 0 aromatic heterocycles. The van der Waals surface area contributed by atoms with Crippen LogP contribution >= 0.6 is 0 Å². The average molecular weight is 605 g/mol. The maximum Gasteiger partial charge on any atom is 0.573 e. The van der Waals surface area contributed by atoms with Crippen molar-refractivity contribution >= 4 is 0 Å². The zero-order valence-corrected chi connectivity index (χ0v) is 23.2. The first-order valence-corrected chi connectivity index (χ1v) is 14.0. The average Bonchev–Trinajstić information content (AvgIpc) is 2.95. The van der Waals surface area contributed by atoms with Crippen LogP contribution in [0, 0.1) is 35.0 Å². The van der Waals surface area contributed by atoms with Crippen LogP contribution in [0.2, 0.25) is 0 Å². The summed E-state index contributed by atoms with van der Waals surface area (Å²) in [5.74, 6) is -5.02. The predicted octanol–water partition coefficient (Wildman–Crippen LogP) is 10.7. The van der Waals surface area contributed by atoms with Crippen LogP contribution in [0.4, 0.5) is 35.1 Å². The van der Waals surface area contributed by atoms with E-state index in [0.29, 0.717) is 22.6 Å². The minimum absolute atomic E-state index is 0.0164. The Bertz CT molecular complexity index is 1620. The fourth-order valence-electron chi connectivity index (χ4n) is 5.69. The molecule has 1 aliphatic rings. The summed E-state index contributed by atoms with van der Waals surface area (Å²) in [5.41, 5.74) is 1.32. The van der Waals surface area contributed by atoms with E-state index in [4.69, 9.17) is 0 Å². The molecule has 1 saturated carbocycles. The van der Waals surface area contributed by atoms with Gasteiger partial charge in [-0.05, 0) is 89.6 Å². The first kappa shape index (κ1) is 30.6. The molecule has 0 saturated heterocycles. The van der Waals surface area contributed by atoms with E-state index in [2.05, 4.69) is 11.7 Å². The van der Waals surface area contributed by atoms with Gasteiger partial charge in [-0.1, -0.05) is 62.2 Å². The third kappa shape index (κ3) is 7.03. The lowest BCUT2D eigenvalue weighted by Crippen LogP contribution is -2.17. The highest BCUT2D eigenvalue weighted by Crippen LogP contribution is 2.39. The van der Waals surface area contributed by atoms with Crippen LogP contribution in [0.1, 0.15) is 55.2 Å². The minimum Gasteiger partial charge on any atom is -0.403 e. The van der Waals surface area contributed by atoms with Gasteiger partial charge in [0.05, 0.1) is 0 Å². The predicted molar refractivity (Wildman–Crippen MR) is 148 cm³/mol. The normalized spacial score (nSPS) is 17.2. The molecule has 0 spiro atoms. The van der Waals surface area contributed by atoms with Crippen LogP contribution in [0.5, 0.6) is 5.75 Å². The van der Waals surface area contributed by atoms with Gasteiger partial charge in [-0.15, -0.1) is 13.2 Å². The van der Waals surface area contributed by atoms with Crippen LogP contribution in [-0.4, -0.2) is 6.36 Å². The zero-order chi connectivity index (χ0) is 30.9. The van der Waals surface area contributed by atoms with Crippen molar-refractivity contribution in [3.63, 3.8) is 0 Å². The maximum absolute atomic E-state index is 15.1. The highest BCUT2D eigenvalue weighted by atomic mass is 19.4. The second-order valence-electron chi connectivity index (χ2n) is 11.1. The molecule has 4 aromatic rings. The largest absolute Gasteiger partial charge is 0.573 e. The lowest BCUT2D eigenvalue weighted by Gasteiger charge is -2.27. The summed E-state index contributed by atoms with van der Waals surface area (Å²) in [6.45, 7) is 2.15. The summed E-state index contributed by atoms with van der Waals surface area (Å²) in [5, 5.41) is 0. The van der Waals surface area contributed by atoms with Crippen LogP contribution < -0.4 is 4.74 Å². The smallest absolute Gasteiger partial charge is 0.403 e. The Morgan fingerprint density at radius 1 is 0.651 bits per heavy atom. The van der Waals surface area contributed by atoms with Gasteiger partial charge in [0.15, 0.2) is 23.2 Å². The van der Waals surface area contributed by atoms with Crippen LogP contribution in [0.3, 0.4) is 0 Å². The fourth-order valence-corrected chi connectivity index (χ4v) is 5.69. The molecule has 1 fully saturated rings. The van der Waals surface area contributed by atoms with Crippen molar-refractivity contribution < 1.29 is 39.9 Å². The van der Waals surface area contributed by atoms with Crippen molar-refractivity contribution in [2.75, 3.05) is 0 Å². The molecule has 0 unspecified atom stereocenters. The van der Waals surface area contributed by atoms with Crippen molar-refractivity contribution in [1.29, 1.82) is 0 Å². The first-order valence-electron chi connectivity index (χ1n) is 14.0. The monoisotopic (exact) mass is 604 g/mol. The minimum atomic E-state index is -5.07. The van der Waals surface area contributed by atoms with Gasteiger partial charge in [0, 0.05) is 11.1 Å². The molecule has 0 amide bonds. The van der Waals surface area contributed by atoms with Gasteiger partial charge in [-0.25, -0.2) is 22.0 Å². The van der Waals surface area contributed by atoms with E-state index >= 15 is 13.2 Å². The highest BCUT2D eigenvalue weighted by Gasteiger charge is 2.32. The Kier molecular flexibility index (Phi) is 8.81.